The van der Waals surface area contributed by atoms with E-state index in [9.17, 15) is 5.11 Å². The Hall–Kier alpha value is -2.66. The summed E-state index contributed by atoms with van der Waals surface area (Å²) in [6, 6.07) is 7.98. The number of imidazole rings is 2. The Balaban J connectivity index is 1.86. The van der Waals surface area contributed by atoms with Crippen molar-refractivity contribution < 1.29 is 5.11 Å². The van der Waals surface area contributed by atoms with Crippen molar-refractivity contribution in [2.75, 3.05) is 0 Å². The average molecular weight is 336 g/mol. The zero-order valence-corrected chi connectivity index (χ0v) is 15.0. The Morgan fingerprint density at radius 3 is 2.56 bits per heavy atom. The Morgan fingerprint density at radius 1 is 1.12 bits per heavy atom. The van der Waals surface area contributed by atoms with Crippen molar-refractivity contribution in [3.05, 3.63) is 58.8 Å². The summed E-state index contributed by atoms with van der Waals surface area (Å²) < 4.78 is 4.02. The molecule has 1 unspecified atom stereocenters. The number of hydrogen-bond donors (Lipinski definition) is 1. The molecular formula is C20H24N4O. The van der Waals surface area contributed by atoms with Gasteiger partial charge in [0, 0.05) is 0 Å². The maximum Gasteiger partial charge on any atom is 0.106 e. The highest BCUT2D eigenvalue weighted by molar-refractivity contribution is 5.75. The van der Waals surface area contributed by atoms with E-state index in [1.54, 1.807) is 0 Å². The van der Waals surface area contributed by atoms with E-state index in [1.165, 1.54) is 0 Å². The molecule has 25 heavy (non-hydrogen) atoms. The van der Waals surface area contributed by atoms with Crippen LogP contribution in [0.2, 0.25) is 0 Å². The summed E-state index contributed by atoms with van der Waals surface area (Å²) in [4.78, 5) is 9.08. The molecule has 0 saturated carbocycles. The van der Waals surface area contributed by atoms with Crippen molar-refractivity contribution in [1.82, 2.24) is 19.1 Å². The lowest BCUT2D eigenvalue weighted by Crippen LogP contribution is -2.33. The van der Waals surface area contributed by atoms with Gasteiger partial charge in [0.1, 0.15) is 11.6 Å². The SMILES string of the molecule is C=c1c(=CC=CC)nc(C)n1CC(O)Cn1c(C)nc2ccccc21. The number of fused-ring (bicyclic) bond motifs is 1. The topological polar surface area (TPSA) is 55.9 Å². The summed E-state index contributed by atoms with van der Waals surface area (Å²) in [5, 5.41) is 12.3. The Morgan fingerprint density at radius 2 is 1.80 bits per heavy atom. The summed E-state index contributed by atoms with van der Waals surface area (Å²) in [5.74, 6) is 1.76. The fraction of sp³-hybridized carbons (Fsp3) is 0.300. The molecule has 5 nitrogen and oxygen atoms in total. The van der Waals surface area contributed by atoms with Crippen LogP contribution in [-0.4, -0.2) is 30.3 Å². The number of hydrogen-bond acceptors (Lipinski definition) is 3. The highest BCUT2D eigenvalue weighted by Gasteiger charge is 2.13. The number of para-hydroxylation sites is 2. The fourth-order valence-corrected chi connectivity index (χ4v) is 3.10. The van der Waals surface area contributed by atoms with Crippen LogP contribution in [0.5, 0.6) is 0 Å². The van der Waals surface area contributed by atoms with Crippen LogP contribution in [0.3, 0.4) is 0 Å². The van der Waals surface area contributed by atoms with E-state index in [0.717, 1.165) is 33.4 Å². The minimum Gasteiger partial charge on any atom is -0.389 e. The molecule has 0 fully saturated rings. The van der Waals surface area contributed by atoms with Crippen LogP contribution < -0.4 is 10.7 Å². The fourth-order valence-electron chi connectivity index (χ4n) is 3.10. The van der Waals surface area contributed by atoms with Crippen LogP contribution in [-0.2, 0) is 13.1 Å². The van der Waals surface area contributed by atoms with Crippen molar-refractivity contribution in [1.29, 1.82) is 0 Å². The van der Waals surface area contributed by atoms with E-state index >= 15 is 0 Å². The second-order valence-corrected chi connectivity index (χ2v) is 6.21. The molecule has 0 bridgehead atoms. The lowest BCUT2D eigenvalue weighted by Gasteiger charge is -2.15. The standard InChI is InChI=1S/C20H24N4O/c1-5-6-9-18-14(2)23(15(3)21-18)12-17(25)13-24-16(4)22-19-10-7-8-11-20(19)24/h5-11,17,25H,2,12-13H2,1,3-4H3. The highest BCUT2D eigenvalue weighted by atomic mass is 16.3. The first kappa shape index (κ1) is 17.2. The number of benzene rings is 1. The van der Waals surface area contributed by atoms with Gasteiger partial charge in [0.2, 0.25) is 0 Å². The molecular weight excluding hydrogens is 312 g/mol. The average Bonchev–Trinajstić information content (AvgIpc) is 3.04. The first-order valence-electron chi connectivity index (χ1n) is 8.46. The minimum atomic E-state index is -0.556. The van der Waals surface area contributed by atoms with Gasteiger partial charge in [0.05, 0.1) is 40.9 Å². The van der Waals surface area contributed by atoms with E-state index < -0.39 is 6.10 Å². The van der Waals surface area contributed by atoms with Gasteiger partial charge >= 0.3 is 0 Å². The second kappa shape index (κ2) is 7.07. The normalized spacial score (nSPS) is 14.0. The van der Waals surface area contributed by atoms with Gasteiger partial charge in [-0.2, -0.15) is 0 Å². The quantitative estimate of drug-likeness (QED) is 0.771. The molecule has 130 valence electrons. The van der Waals surface area contributed by atoms with Crippen LogP contribution in [0.15, 0.2) is 36.4 Å². The summed E-state index contributed by atoms with van der Waals surface area (Å²) >= 11 is 0. The molecule has 2 heterocycles. The number of nitrogens with zero attached hydrogens (tertiary/aromatic N) is 4. The van der Waals surface area contributed by atoms with Gasteiger partial charge in [-0.05, 0) is 39.0 Å². The van der Waals surface area contributed by atoms with Gasteiger partial charge in [-0.1, -0.05) is 30.9 Å². The van der Waals surface area contributed by atoms with E-state index in [1.807, 2.05) is 67.8 Å². The van der Waals surface area contributed by atoms with Gasteiger partial charge in [-0.3, -0.25) is 0 Å². The van der Waals surface area contributed by atoms with Crippen molar-refractivity contribution in [3.63, 3.8) is 0 Å². The monoisotopic (exact) mass is 336 g/mol. The van der Waals surface area contributed by atoms with Crippen molar-refractivity contribution in [2.24, 2.45) is 0 Å². The predicted octanol–water partition coefficient (Wildman–Crippen LogP) is 1.68. The van der Waals surface area contributed by atoms with Gasteiger partial charge in [0.25, 0.3) is 0 Å². The van der Waals surface area contributed by atoms with Crippen molar-refractivity contribution in [3.8, 4) is 0 Å². The zero-order valence-electron chi connectivity index (χ0n) is 15.0. The first-order valence-corrected chi connectivity index (χ1v) is 8.46. The molecule has 1 atom stereocenters. The molecule has 0 saturated heterocycles. The predicted molar refractivity (Wildman–Crippen MR) is 101 cm³/mol. The Kier molecular flexibility index (Phi) is 4.86. The molecule has 1 aromatic carbocycles. The van der Waals surface area contributed by atoms with E-state index in [4.69, 9.17) is 0 Å². The molecule has 1 N–H and O–H groups in total. The summed E-state index contributed by atoms with van der Waals surface area (Å²) in [6.07, 6.45) is 5.28. The third-order valence-electron chi connectivity index (χ3n) is 4.37. The number of aliphatic hydroxyl groups is 1. The lowest BCUT2D eigenvalue weighted by atomic mass is 10.3. The van der Waals surface area contributed by atoms with Crippen LogP contribution >= 0.6 is 0 Å². The zero-order chi connectivity index (χ0) is 18.0. The third kappa shape index (κ3) is 3.42. The number of allylic oxidation sites excluding steroid dienone is 2. The number of rotatable bonds is 5. The molecule has 0 aliphatic heterocycles. The molecule has 0 aliphatic carbocycles. The number of aromatic nitrogens is 4. The molecule has 0 radical (unpaired) electrons. The van der Waals surface area contributed by atoms with Gasteiger partial charge < -0.3 is 14.2 Å². The summed E-state index contributed by atoms with van der Waals surface area (Å²) in [7, 11) is 0. The molecule has 0 spiro atoms. The maximum atomic E-state index is 10.6. The smallest absolute Gasteiger partial charge is 0.106 e. The number of aryl methyl sites for hydroxylation is 2. The van der Waals surface area contributed by atoms with Gasteiger partial charge in [-0.15, -0.1) is 0 Å². The van der Waals surface area contributed by atoms with Gasteiger partial charge in [-0.25, -0.2) is 9.97 Å². The Bertz CT molecular complexity index is 1030. The van der Waals surface area contributed by atoms with E-state index in [0.29, 0.717) is 13.1 Å². The number of aliphatic hydroxyl groups excluding tert-OH is 1. The van der Waals surface area contributed by atoms with Crippen molar-refractivity contribution in [2.45, 2.75) is 40.0 Å². The van der Waals surface area contributed by atoms with E-state index in [-0.39, 0.29) is 0 Å². The largest absolute Gasteiger partial charge is 0.389 e. The second-order valence-electron chi connectivity index (χ2n) is 6.21. The lowest BCUT2D eigenvalue weighted by molar-refractivity contribution is 0.133. The molecule has 0 amide bonds. The highest BCUT2D eigenvalue weighted by Crippen LogP contribution is 2.16. The molecule has 0 aliphatic rings. The molecule has 3 rings (SSSR count). The van der Waals surface area contributed by atoms with Crippen LogP contribution in [0.25, 0.3) is 23.7 Å². The molecule has 2 aromatic heterocycles. The molecule has 3 aromatic rings. The van der Waals surface area contributed by atoms with E-state index in [2.05, 4.69) is 21.1 Å². The van der Waals surface area contributed by atoms with Crippen LogP contribution in [0, 0.1) is 13.8 Å². The first-order chi connectivity index (χ1) is 12.0. The van der Waals surface area contributed by atoms with Crippen LogP contribution in [0.4, 0.5) is 0 Å². The van der Waals surface area contributed by atoms with Gasteiger partial charge in [0.15, 0.2) is 0 Å². The Labute approximate surface area is 147 Å². The summed E-state index contributed by atoms with van der Waals surface area (Å²) in [5.41, 5.74) is 1.99. The summed E-state index contributed by atoms with van der Waals surface area (Å²) in [6.45, 7) is 10.9. The van der Waals surface area contributed by atoms with Crippen molar-refractivity contribution >= 4 is 23.7 Å². The molecule has 5 heteroatoms. The van der Waals surface area contributed by atoms with Crippen LogP contribution in [0.1, 0.15) is 18.6 Å². The third-order valence-corrected chi connectivity index (χ3v) is 4.37. The minimum absolute atomic E-state index is 0.452. The maximum absolute atomic E-state index is 10.6.